The Labute approximate surface area is 286 Å². The summed E-state index contributed by atoms with van der Waals surface area (Å²) in [5.74, 6) is -3.96. The third-order valence-corrected chi connectivity index (χ3v) is 9.61. The zero-order chi connectivity index (χ0) is 36.8. The molecule has 1 aliphatic carbocycles. The van der Waals surface area contributed by atoms with E-state index in [9.17, 15) is 47.5 Å². The summed E-state index contributed by atoms with van der Waals surface area (Å²) in [5, 5.41) is 35.6. The topological polar surface area (TPSA) is 171 Å². The average Bonchev–Trinajstić information content (AvgIpc) is 3.56. The van der Waals surface area contributed by atoms with E-state index in [1.807, 2.05) is 6.92 Å². The number of fused-ring (bicyclic) bond motifs is 2. The molecule has 0 saturated carbocycles. The first kappa shape index (κ1) is 37.0. The highest BCUT2D eigenvalue weighted by atomic mass is 19.4. The predicted octanol–water partition coefficient (Wildman–Crippen LogP) is 1.73. The van der Waals surface area contributed by atoms with Crippen LogP contribution in [0, 0.1) is 5.41 Å². The molecule has 1 fully saturated rings. The van der Waals surface area contributed by atoms with E-state index < -0.39 is 89.9 Å². The van der Waals surface area contributed by atoms with E-state index in [4.69, 9.17) is 9.31 Å². The van der Waals surface area contributed by atoms with Gasteiger partial charge >= 0.3 is 32.3 Å². The SMILES string of the molecule is C[C@H](NC(=O)C1=CC2B(O)OCC2(C)C=C1)[C@@H](C(=O)N[C@@H](CC(=O)O)c1ccc(C(F)(F)F)cc1)[N+](C)(C)C(=O)c1ccc2c(c1)B(O)OC2. The number of rotatable bonds is 10. The molecular formula is C33H37B2F3N3O9+. The summed E-state index contributed by atoms with van der Waals surface area (Å²) < 4.78 is 49.6. The van der Waals surface area contributed by atoms with Crippen LogP contribution in [0.2, 0.25) is 5.82 Å². The molecule has 0 radical (unpaired) electrons. The smallest absolute Gasteiger partial charge is 0.481 e. The minimum Gasteiger partial charge on any atom is -0.481 e. The van der Waals surface area contributed by atoms with Crippen molar-refractivity contribution in [3.05, 3.63) is 88.5 Å². The van der Waals surface area contributed by atoms with Gasteiger partial charge in [0.25, 0.3) is 11.8 Å². The molecule has 0 spiro atoms. The largest absolute Gasteiger partial charge is 0.491 e. The minimum atomic E-state index is -4.64. The van der Waals surface area contributed by atoms with Crippen LogP contribution in [0.3, 0.4) is 0 Å². The fraction of sp³-hybridized carbons (Fsp3) is 0.394. The highest BCUT2D eigenvalue weighted by Crippen LogP contribution is 2.46. The van der Waals surface area contributed by atoms with E-state index in [0.717, 1.165) is 24.3 Å². The number of nitrogens with zero attached hydrogens (tertiary/aromatic N) is 1. The summed E-state index contributed by atoms with van der Waals surface area (Å²) in [5.41, 5.74) is -0.0756. The van der Waals surface area contributed by atoms with Crippen molar-refractivity contribution in [2.24, 2.45) is 5.41 Å². The first-order chi connectivity index (χ1) is 23.3. The second kappa shape index (κ2) is 13.8. The number of carbonyl (C=O) groups is 4. The molecule has 0 bridgehead atoms. The molecule has 5 rings (SSSR count). The maximum atomic E-state index is 14.2. The molecule has 12 nitrogen and oxygen atoms in total. The number of benzene rings is 2. The number of carboxylic acid groups (broad SMARTS) is 1. The number of nitrogens with one attached hydrogen (secondary N) is 2. The van der Waals surface area contributed by atoms with Gasteiger partial charge in [0.2, 0.25) is 0 Å². The van der Waals surface area contributed by atoms with Gasteiger partial charge in [-0.2, -0.15) is 13.2 Å². The van der Waals surface area contributed by atoms with Crippen molar-refractivity contribution in [1.82, 2.24) is 10.6 Å². The third kappa shape index (κ3) is 7.42. The van der Waals surface area contributed by atoms with Gasteiger partial charge in [0.05, 0.1) is 50.3 Å². The molecule has 2 unspecified atom stereocenters. The lowest BCUT2D eigenvalue weighted by molar-refractivity contribution is -0.826. The van der Waals surface area contributed by atoms with E-state index in [2.05, 4.69) is 10.6 Å². The third-order valence-electron chi connectivity index (χ3n) is 9.61. The van der Waals surface area contributed by atoms with Crippen molar-refractivity contribution in [2.75, 3.05) is 20.7 Å². The molecule has 50 heavy (non-hydrogen) atoms. The van der Waals surface area contributed by atoms with Crippen molar-refractivity contribution in [1.29, 1.82) is 0 Å². The second-order valence-corrected chi connectivity index (χ2v) is 13.6. The van der Waals surface area contributed by atoms with E-state index in [1.54, 1.807) is 24.3 Å². The van der Waals surface area contributed by atoms with Crippen LogP contribution < -0.4 is 16.1 Å². The number of allylic oxidation sites excluding steroid dienone is 1. The Balaban J connectivity index is 1.47. The summed E-state index contributed by atoms with van der Waals surface area (Å²) in [6.45, 7) is 3.75. The fourth-order valence-electron chi connectivity index (χ4n) is 6.75. The number of amides is 3. The average molecular weight is 698 g/mol. The molecule has 3 aliphatic rings. The Morgan fingerprint density at radius 1 is 1.06 bits per heavy atom. The molecule has 0 aromatic heterocycles. The summed E-state index contributed by atoms with van der Waals surface area (Å²) in [4.78, 5) is 53.8. The van der Waals surface area contributed by atoms with Crippen molar-refractivity contribution in [3.8, 4) is 0 Å². The summed E-state index contributed by atoms with van der Waals surface area (Å²) >= 11 is 0. The second-order valence-electron chi connectivity index (χ2n) is 13.6. The van der Waals surface area contributed by atoms with Crippen LogP contribution >= 0.6 is 0 Å². The number of carboxylic acids is 1. The molecule has 2 aliphatic heterocycles. The number of aliphatic carboxylic acids is 1. The van der Waals surface area contributed by atoms with E-state index in [0.29, 0.717) is 11.0 Å². The standard InChI is InChI=1S/C33H36B2F3N3O9/c1-18(39-29(44)20-11-12-32(2)17-50-35(48)26(32)14-20)28(41(3,4)31(46)21-5-6-22-16-49-34(47)24(22)13-21)30(45)40-25(15-27(42)43)19-7-9-23(10-8-19)33(36,37)38/h5-14,18,25-26,28,47-48H,15-17H2,1-4H3,(H2-,39,40,42,43,44,45)/p+1/t18-,25-,26?,28-,32?/m0/s1. The Hall–Kier alpha value is -4.28. The number of quaternary nitrogens is 1. The van der Waals surface area contributed by atoms with Crippen LogP contribution in [-0.2, 0) is 36.5 Å². The van der Waals surface area contributed by atoms with Gasteiger partial charge in [-0.1, -0.05) is 43.4 Å². The van der Waals surface area contributed by atoms with Gasteiger partial charge < -0.3 is 35.1 Å². The van der Waals surface area contributed by atoms with Gasteiger partial charge in [-0.15, -0.1) is 0 Å². The lowest BCUT2D eigenvalue weighted by Gasteiger charge is -2.38. The van der Waals surface area contributed by atoms with Gasteiger partial charge in [-0.05, 0) is 47.8 Å². The van der Waals surface area contributed by atoms with Crippen molar-refractivity contribution >= 4 is 43.4 Å². The number of carbonyl (C=O) groups excluding carboxylic acids is 3. The summed E-state index contributed by atoms with van der Waals surface area (Å²) in [6, 6.07) is 4.43. The quantitative estimate of drug-likeness (QED) is 0.183. The lowest BCUT2D eigenvalue weighted by atomic mass is 9.59. The van der Waals surface area contributed by atoms with Crippen molar-refractivity contribution < 1.29 is 61.3 Å². The Morgan fingerprint density at radius 2 is 1.74 bits per heavy atom. The highest BCUT2D eigenvalue weighted by molar-refractivity contribution is 6.61. The van der Waals surface area contributed by atoms with E-state index >= 15 is 0 Å². The van der Waals surface area contributed by atoms with Crippen LogP contribution in [-0.4, -0.2) is 90.4 Å². The number of alkyl halides is 3. The normalized spacial score (nSPS) is 21.9. The predicted molar refractivity (Wildman–Crippen MR) is 174 cm³/mol. The molecule has 5 atom stereocenters. The molecule has 17 heteroatoms. The van der Waals surface area contributed by atoms with E-state index in [-0.39, 0.29) is 29.9 Å². The molecule has 2 aromatic carbocycles. The van der Waals surface area contributed by atoms with Gasteiger partial charge in [0.1, 0.15) is 0 Å². The highest BCUT2D eigenvalue weighted by Gasteiger charge is 2.50. The maximum Gasteiger partial charge on any atom is 0.491 e. The minimum absolute atomic E-state index is 0.0753. The Bertz CT molecular complexity index is 1750. The number of hydrogen-bond donors (Lipinski definition) is 5. The fourth-order valence-corrected chi connectivity index (χ4v) is 6.75. The first-order valence-corrected chi connectivity index (χ1v) is 15.8. The number of likely N-dealkylation sites (N-methyl/N-ethyl adjacent to an activating group) is 1. The summed E-state index contributed by atoms with van der Waals surface area (Å²) in [7, 11) is 0.465. The van der Waals surface area contributed by atoms with E-state index in [1.165, 1.54) is 33.2 Å². The number of halogens is 3. The molecule has 5 N–H and O–H groups in total. The zero-order valence-corrected chi connectivity index (χ0v) is 27.7. The van der Waals surface area contributed by atoms with Crippen LogP contribution in [0.5, 0.6) is 0 Å². The van der Waals surface area contributed by atoms with Crippen molar-refractivity contribution in [3.63, 3.8) is 0 Å². The van der Waals surface area contributed by atoms with Gasteiger partial charge in [0.15, 0.2) is 6.04 Å². The van der Waals surface area contributed by atoms with Gasteiger partial charge in [-0.3, -0.25) is 14.4 Å². The van der Waals surface area contributed by atoms with Crippen LogP contribution in [0.25, 0.3) is 0 Å². The van der Waals surface area contributed by atoms with Gasteiger partial charge in [-0.25, -0.2) is 9.28 Å². The molecule has 1 saturated heterocycles. The van der Waals surface area contributed by atoms with Crippen LogP contribution in [0.4, 0.5) is 13.2 Å². The van der Waals surface area contributed by atoms with Crippen LogP contribution in [0.15, 0.2) is 66.3 Å². The number of hydrogen-bond acceptors (Lipinski definition) is 8. The molecule has 2 heterocycles. The Morgan fingerprint density at radius 3 is 2.38 bits per heavy atom. The molecule has 2 aromatic rings. The monoisotopic (exact) mass is 698 g/mol. The van der Waals surface area contributed by atoms with Crippen molar-refractivity contribution in [2.45, 2.75) is 57.0 Å². The molecular weight excluding hydrogens is 661 g/mol. The summed E-state index contributed by atoms with van der Waals surface area (Å²) in [6.07, 6.45) is -0.434. The lowest BCUT2D eigenvalue weighted by Crippen LogP contribution is -2.66. The zero-order valence-electron chi connectivity index (χ0n) is 27.7. The molecule has 264 valence electrons. The molecule has 3 amide bonds. The Kier molecular flexibility index (Phi) is 10.2. The van der Waals surface area contributed by atoms with Gasteiger partial charge in [0, 0.05) is 23.4 Å². The van der Waals surface area contributed by atoms with Crippen LogP contribution in [0.1, 0.15) is 53.4 Å². The maximum absolute atomic E-state index is 14.2. The first-order valence-electron chi connectivity index (χ1n) is 15.8.